The van der Waals surface area contributed by atoms with Gasteiger partial charge < -0.3 is 9.64 Å². The van der Waals surface area contributed by atoms with Crippen LogP contribution in [0.3, 0.4) is 0 Å². The van der Waals surface area contributed by atoms with Gasteiger partial charge in [-0.2, -0.15) is 0 Å². The molecule has 1 aliphatic heterocycles. The van der Waals surface area contributed by atoms with Crippen molar-refractivity contribution >= 4 is 16.7 Å². The molecule has 0 bridgehead atoms. The van der Waals surface area contributed by atoms with Crippen LogP contribution < -0.4 is 9.64 Å². The highest BCUT2D eigenvalue weighted by molar-refractivity contribution is 5.89. The number of nitrogens with zero attached hydrogens (tertiary/aromatic N) is 4. The number of fused-ring (bicyclic) bond motifs is 1. The van der Waals surface area contributed by atoms with Crippen LogP contribution in [0.25, 0.3) is 10.9 Å². The SMILES string of the molecule is COc1ccc(CN2CCCN(c3ncnc4c(F)cccc34)CC2)cc1. The molecule has 0 radical (unpaired) electrons. The minimum absolute atomic E-state index is 0.299. The Morgan fingerprint density at radius 3 is 2.67 bits per heavy atom. The summed E-state index contributed by atoms with van der Waals surface area (Å²) in [5, 5.41) is 0.779. The summed E-state index contributed by atoms with van der Waals surface area (Å²) in [6.07, 6.45) is 2.50. The van der Waals surface area contributed by atoms with Crippen molar-refractivity contribution in [1.29, 1.82) is 0 Å². The van der Waals surface area contributed by atoms with Gasteiger partial charge in [0.2, 0.25) is 0 Å². The van der Waals surface area contributed by atoms with E-state index in [4.69, 9.17) is 4.74 Å². The van der Waals surface area contributed by atoms with Gasteiger partial charge in [0.1, 0.15) is 29.2 Å². The molecule has 6 heteroatoms. The normalized spacial score (nSPS) is 15.7. The molecule has 1 aliphatic rings. The van der Waals surface area contributed by atoms with Crippen molar-refractivity contribution in [2.45, 2.75) is 13.0 Å². The molecule has 3 aromatic rings. The van der Waals surface area contributed by atoms with Gasteiger partial charge >= 0.3 is 0 Å². The van der Waals surface area contributed by atoms with Gasteiger partial charge in [0, 0.05) is 38.1 Å². The molecule has 0 unspecified atom stereocenters. The standard InChI is InChI=1S/C21H23FN4O/c1-27-17-8-6-16(7-9-17)14-25-10-3-11-26(13-12-25)21-18-4-2-5-19(22)20(18)23-15-24-21/h2,4-9,15H,3,10-14H2,1H3. The first-order chi connectivity index (χ1) is 13.2. The van der Waals surface area contributed by atoms with Crippen LogP contribution in [0.5, 0.6) is 5.75 Å². The third-order valence-corrected chi connectivity index (χ3v) is 5.05. The van der Waals surface area contributed by atoms with E-state index in [0.717, 1.165) is 56.1 Å². The van der Waals surface area contributed by atoms with E-state index in [1.807, 2.05) is 18.2 Å². The number of rotatable bonds is 4. The molecule has 140 valence electrons. The van der Waals surface area contributed by atoms with Crippen molar-refractivity contribution in [2.75, 3.05) is 38.2 Å². The molecule has 5 nitrogen and oxygen atoms in total. The molecule has 4 rings (SSSR count). The Morgan fingerprint density at radius 2 is 1.85 bits per heavy atom. The van der Waals surface area contributed by atoms with E-state index >= 15 is 0 Å². The van der Waals surface area contributed by atoms with Crippen molar-refractivity contribution in [3.63, 3.8) is 0 Å². The van der Waals surface area contributed by atoms with Gasteiger partial charge in [0.25, 0.3) is 0 Å². The zero-order chi connectivity index (χ0) is 18.6. The lowest BCUT2D eigenvalue weighted by Gasteiger charge is -2.23. The van der Waals surface area contributed by atoms with E-state index < -0.39 is 0 Å². The van der Waals surface area contributed by atoms with E-state index in [9.17, 15) is 4.39 Å². The maximum atomic E-state index is 14.0. The van der Waals surface area contributed by atoms with Gasteiger partial charge in [-0.3, -0.25) is 4.90 Å². The van der Waals surface area contributed by atoms with Crippen molar-refractivity contribution in [1.82, 2.24) is 14.9 Å². The van der Waals surface area contributed by atoms with E-state index in [1.165, 1.54) is 18.0 Å². The molecule has 0 spiro atoms. The molecule has 0 atom stereocenters. The fraction of sp³-hybridized carbons (Fsp3) is 0.333. The summed E-state index contributed by atoms with van der Waals surface area (Å²) in [6.45, 7) is 4.64. The monoisotopic (exact) mass is 366 g/mol. The second-order valence-corrected chi connectivity index (χ2v) is 6.80. The average Bonchev–Trinajstić information content (AvgIpc) is 2.94. The lowest BCUT2D eigenvalue weighted by molar-refractivity contribution is 0.285. The smallest absolute Gasteiger partial charge is 0.149 e. The summed E-state index contributed by atoms with van der Waals surface area (Å²) in [7, 11) is 1.68. The van der Waals surface area contributed by atoms with Crippen molar-refractivity contribution < 1.29 is 9.13 Å². The number of halogens is 1. The van der Waals surface area contributed by atoms with Crippen LogP contribution in [0.1, 0.15) is 12.0 Å². The molecule has 0 N–H and O–H groups in total. The first kappa shape index (κ1) is 17.7. The van der Waals surface area contributed by atoms with Crippen LogP contribution >= 0.6 is 0 Å². The van der Waals surface area contributed by atoms with Crippen molar-refractivity contribution in [2.24, 2.45) is 0 Å². The number of benzene rings is 2. The van der Waals surface area contributed by atoms with Crippen LogP contribution in [-0.2, 0) is 6.54 Å². The predicted molar refractivity (Wildman–Crippen MR) is 105 cm³/mol. The molecule has 0 aliphatic carbocycles. The second kappa shape index (κ2) is 7.88. The molecule has 0 amide bonds. The highest BCUT2D eigenvalue weighted by Crippen LogP contribution is 2.25. The summed E-state index contributed by atoms with van der Waals surface area (Å²) in [4.78, 5) is 13.3. The summed E-state index contributed by atoms with van der Waals surface area (Å²) < 4.78 is 19.3. The van der Waals surface area contributed by atoms with Crippen LogP contribution in [0.4, 0.5) is 10.2 Å². The number of hydrogen-bond donors (Lipinski definition) is 0. The average molecular weight is 366 g/mol. The zero-order valence-corrected chi connectivity index (χ0v) is 15.4. The first-order valence-electron chi connectivity index (χ1n) is 9.24. The number of anilines is 1. The summed E-state index contributed by atoms with van der Waals surface area (Å²) >= 11 is 0. The Labute approximate surface area is 158 Å². The molecule has 27 heavy (non-hydrogen) atoms. The lowest BCUT2D eigenvalue weighted by Crippen LogP contribution is -2.31. The highest BCUT2D eigenvalue weighted by Gasteiger charge is 2.19. The highest BCUT2D eigenvalue weighted by atomic mass is 19.1. The summed E-state index contributed by atoms with van der Waals surface area (Å²) in [6, 6.07) is 13.3. The van der Waals surface area contributed by atoms with Gasteiger partial charge in [-0.1, -0.05) is 18.2 Å². The zero-order valence-electron chi connectivity index (χ0n) is 15.4. The molecular weight excluding hydrogens is 343 g/mol. The Hall–Kier alpha value is -2.73. The van der Waals surface area contributed by atoms with Gasteiger partial charge in [-0.25, -0.2) is 14.4 Å². The number of ether oxygens (including phenoxy) is 1. The van der Waals surface area contributed by atoms with Crippen LogP contribution in [0.2, 0.25) is 0 Å². The van der Waals surface area contributed by atoms with Gasteiger partial charge in [-0.15, -0.1) is 0 Å². The van der Waals surface area contributed by atoms with Gasteiger partial charge in [0.05, 0.1) is 7.11 Å². The van der Waals surface area contributed by atoms with E-state index in [0.29, 0.717) is 5.52 Å². The molecule has 2 aromatic carbocycles. The van der Waals surface area contributed by atoms with Crippen molar-refractivity contribution in [3.05, 3.63) is 60.2 Å². The quantitative estimate of drug-likeness (QED) is 0.707. The van der Waals surface area contributed by atoms with E-state index in [1.54, 1.807) is 13.2 Å². The third kappa shape index (κ3) is 3.85. The van der Waals surface area contributed by atoms with Crippen LogP contribution in [-0.4, -0.2) is 48.2 Å². The number of para-hydroxylation sites is 1. The number of methoxy groups -OCH3 is 1. The second-order valence-electron chi connectivity index (χ2n) is 6.80. The first-order valence-corrected chi connectivity index (χ1v) is 9.24. The van der Waals surface area contributed by atoms with Crippen LogP contribution in [0.15, 0.2) is 48.8 Å². The summed E-state index contributed by atoms with van der Waals surface area (Å²) in [5.41, 5.74) is 1.67. The molecule has 2 heterocycles. The molecular formula is C21H23FN4O. The third-order valence-electron chi connectivity index (χ3n) is 5.05. The lowest BCUT2D eigenvalue weighted by atomic mass is 10.2. The minimum Gasteiger partial charge on any atom is -0.497 e. The number of hydrogen-bond acceptors (Lipinski definition) is 5. The van der Waals surface area contributed by atoms with Gasteiger partial charge in [-0.05, 0) is 36.2 Å². The minimum atomic E-state index is -0.299. The van der Waals surface area contributed by atoms with Crippen molar-refractivity contribution in [3.8, 4) is 5.75 Å². The molecule has 1 fully saturated rings. The Morgan fingerprint density at radius 1 is 1.00 bits per heavy atom. The van der Waals surface area contributed by atoms with E-state index in [2.05, 4.69) is 31.9 Å². The largest absolute Gasteiger partial charge is 0.497 e. The molecule has 1 aromatic heterocycles. The molecule has 1 saturated heterocycles. The Kier molecular flexibility index (Phi) is 5.16. The Balaban J connectivity index is 1.48. The number of aromatic nitrogens is 2. The Bertz CT molecular complexity index is 916. The molecule has 0 saturated carbocycles. The fourth-order valence-electron chi connectivity index (χ4n) is 3.62. The topological polar surface area (TPSA) is 41.5 Å². The van der Waals surface area contributed by atoms with Crippen LogP contribution in [0, 0.1) is 5.82 Å². The fourth-order valence-corrected chi connectivity index (χ4v) is 3.62. The van der Waals surface area contributed by atoms with E-state index in [-0.39, 0.29) is 5.82 Å². The maximum absolute atomic E-state index is 14.0. The maximum Gasteiger partial charge on any atom is 0.149 e. The predicted octanol–water partition coefficient (Wildman–Crippen LogP) is 3.49. The van der Waals surface area contributed by atoms with Gasteiger partial charge in [0.15, 0.2) is 0 Å². The summed E-state index contributed by atoms with van der Waals surface area (Å²) in [5.74, 6) is 1.40.